The van der Waals surface area contributed by atoms with Gasteiger partial charge in [-0.2, -0.15) is 13.2 Å². The maximum absolute atomic E-state index is 12.7. The van der Waals surface area contributed by atoms with E-state index in [2.05, 4.69) is 5.32 Å². The van der Waals surface area contributed by atoms with Crippen molar-refractivity contribution in [3.63, 3.8) is 0 Å². The van der Waals surface area contributed by atoms with Crippen LogP contribution in [0.25, 0.3) is 0 Å². The Balaban J connectivity index is 1.85. The standard InChI is InChI=1S/C13H19F3N2O3/c14-13(15,16)9-2-1-5-18(7-9)12(21)17-10-4-3-8(6-10)11(19)20/h8-10H,1-7H2,(H,17,21)(H,19,20)/t8-,9?,10+/m1/s1. The molecule has 1 unspecified atom stereocenters. The van der Waals surface area contributed by atoms with E-state index in [9.17, 15) is 22.8 Å². The van der Waals surface area contributed by atoms with E-state index in [0.717, 1.165) is 0 Å². The molecule has 2 rings (SSSR count). The zero-order chi connectivity index (χ0) is 15.6. The predicted molar refractivity (Wildman–Crippen MR) is 67.6 cm³/mol. The molecule has 120 valence electrons. The number of rotatable bonds is 2. The van der Waals surface area contributed by atoms with Gasteiger partial charge < -0.3 is 15.3 Å². The number of likely N-dealkylation sites (tertiary alicyclic amines) is 1. The molecule has 5 nitrogen and oxygen atoms in total. The van der Waals surface area contributed by atoms with E-state index in [-0.39, 0.29) is 19.0 Å². The molecule has 2 amide bonds. The van der Waals surface area contributed by atoms with Crippen molar-refractivity contribution in [3.05, 3.63) is 0 Å². The zero-order valence-corrected chi connectivity index (χ0v) is 11.5. The lowest BCUT2D eigenvalue weighted by atomic mass is 9.98. The molecule has 0 aromatic heterocycles. The Morgan fingerprint density at radius 2 is 1.90 bits per heavy atom. The molecule has 0 spiro atoms. The highest BCUT2D eigenvalue weighted by molar-refractivity contribution is 5.75. The van der Waals surface area contributed by atoms with Crippen LogP contribution in [0.15, 0.2) is 0 Å². The van der Waals surface area contributed by atoms with Gasteiger partial charge in [0.15, 0.2) is 0 Å². The Morgan fingerprint density at radius 3 is 2.48 bits per heavy atom. The highest BCUT2D eigenvalue weighted by Crippen LogP contribution is 2.33. The number of alkyl halides is 3. The fraction of sp³-hybridized carbons (Fsp3) is 0.846. The number of nitrogens with one attached hydrogen (secondary N) is 1. The maximum atomic E-state index is 12.7. The maximum Gasteiger partial charge on any atom is 0.393 e. The van der Waals surface area contributed by atoms with Crippen molar-refractivity contribution in [2.75, 3.05) is 13.1 Å². The summed E-state index contributed by atoms with van der Waals surface area (Å²) in [4.78, 5) is 24.0. The molecule has 1 heterocycles. The van der Waals surface area contributed by atoms with Gasteiger partial charge in [-0.25, -0.2) is 4.79 Å². The molecule has 0 radical (unpaired) electrons. The highest BCUT2D eigenvalue weighted by atomic mass is 19.4. The largest absolute Gasteiger partial charge is 0.481 e. The van der Waals surface area contributed by atoms with Crippen LogP contribution in [-0.2, 0) is 4.79 Å². The van der Waals surface area contributed by atoms with Crippen molar-refractivity contribution in [1.29, 1.82) is 0 Å². The van der Waals surface area contributed by atoms with Gasteiger partial charge in [-0.15, -0.1) is 0 Å². The number of carbonyl (C=O) groups excluding carboxylic acids is 1. The molecule has 0 aromatic rings. The molecule has 2 aliphatic rings. The van der Waals surface area contributed by atoms with Gasteiger partial charge >= 0.3 is 18.2 Å². The van der Waals surface area contributed by atoms with Crippen LogP contribution in [0.1, 0.15) is 32.1 Å². The molecule has 1 saturated carbocycles. The second-order valence-corrected chi connectivity index (χ2v) is 5.82. The summed E-state index contributed by atoms with van der Waals surface area (Å²) in [5.41, 5.74) is 0. The molecular formula is C13H19F3N2O3. The van der Waals surface area contributed by atoms with Gasteiger partial charge in [0.25, 0.3) is 0 Å². The van der Waals surface area contributed by atoms with Crippen LogP contribution in [0.4, 0.5) is 18.0 Å². The van der Waals surface area contributed by atoms with E-state index in [1.54, 1.807) is 0 Å². The molecule has 2 N–H and O–H groups in total. The lowest BCUT2D eigenvalue weighted by molar-refractivity contribution is -0.184. The Bertz CT molecular complexity index is 414. The van der Waals surface area contributed by atoms with E-state index in [0.29, 0.717) is 32.2 Å². The van der Waals surface area contributed by atoms with Crippen LogP contribution in [0.2, 0.25) is 0 Å². The summed E-state index contributed by atoms with van der Waals surface area (Å²) in [6.45, 7) is -0.00208. The van der Waals surface area contributed by atoms with E-state index in [1.165, 1.54) is 4.90 Å². The Morgan fingerprint density at radius 1 is 1.19 bits per heavy atom. The number of carboxylic acids is 1. The van der Waals surface area contributed by atoms with Crippen molar-refractivity contribution in [2.24, 2.45) is 11.8 Å². The minimum atomic E-state index is -4.28. The molecule has 1 aliphatic heterocycles. The van der Waals surface area contributed by atoms with Gasteiger partial charge in [-0.05, 0) is 32.1 Å². The molecule has 0 aromatic carbocycles. The van der Waals surface area contributed by atoms with Crippen molar-refractivity contribution >= 4 is 12.0 Å². The summed E-state index contributed by atoms with van der Waals surface area (Å²) in [6, 6.07) is -0.773. The minimum Gasteiger partial charge on any atom is -0.481 e. The molecule has 0 bridgehead atoms. The first-order valence-corrected chi connectivity index (χ1v) is 7.12. The van der Waals surface area contributed by atoms with Crippen LogP contribution in [0.5, 0.6) is 0 Å². The van der Waals surface area contributed by atoms with Crippen molar-refractivity contribution < 1.29 is 27.9 Å². The Hall–Kier alpha value is -1.47. The number of hydrogen-bond acceptors (Lipinski definition) is 2. The van der Waals surface area contributed by atoms with Crippen molar-refractivity contribution in [2.45, 2.75) is 44.3 Å². The highest BCUT2D eigenvalue weighted by Gasteiger charge is 2.43. The number of hydrogen-bond donors (Lipinski definition) is 2. The molecule has 2 fully saturated rings. The van der Waals surface area contributed by atoms with Crippen LogP contribution in [-0.4, -0.2) is 47.3 Å². The number of nitrogens with zero attached hydrogens (tertiary/aromatic N) is 1. The number of carbonyl (C=O) groups is 2. The lowest BCUT2D eigenvalue weighted by Gasteiger charge is -2.34. The van der Waals surface area contributed by atoms with Crippen LogP contribution < -0.4 is 5.32 Å². The lowest BCUT2D eigenvalue weighted by Crippen LogP contribution is -2.50. The molecule has 21 heavy (non-hydrogen) atoms. The van der Waals surface area contributed by atoms with E-state index in [1.807, 2.05) is 0 Å². The van der Waals surface area contributed by atoms with Crippen LogP contribution in [0.3, 0.4) is 0 Å². The third-order valence-electron chi connectivity index (χ3n) is 4.28. The van der Waals surface area contributed by atoms with Crippen LogP contribution >= 0.6 is 0 Å². The van der Waals surface area contributed by atoms with E-state index < -0.39 is 30.0 Å². The van der Waals surface area contributed by atoms with Gasteiger partial charge in [0, 0.05) is 19.1 Å². The van der Waals surface area contributed by atoms with Gasteiger partial charge in [-0.1, -0.05) is 0 Å². The Kier molecular flexibility index (Phi) is 4.63. The second kappa shape index (κ2) is 6.11. The third-order valence-corrected chi connectivity index (χ3v) is 4.28. The Labute approximate surface area is 120 Å². The monoisotopic (exact) mass is 308 g/mol. The van der Waals surface area contributed by atoms with Crippen LogP contribution in [0, 0.1) is 11.8 Å². The number of aliphatic carboxylic acids is 1. The first-order valence-electron chi connectivity index (χ1n) is 7.12. The molecule has 1 aliphatic carbocycles. The zero-order valence-electron chi connectivity index (χ0n) is 11.5. The first-order chi connectivity index (χ1) is 9.77. The fourth-order valence-electron chi connectivity index (χ4n) is 3.03. The predicted octanol–water partition coefficient (Wildman–Crippen LogP) is 2.22. The molecular weight excluding hydrogens is 289 g/mol. The van der Waals surface area contributed by atoms with Crippen molar-refractivity contribution in [3.8, 4) is 0 Å². The summed E-state index contributed by atoms with van der Waals surface area (Å²) in [5, 5.41) is 11.6. The fourth-order valence-corrected chi connectivity index (χ4v) is 3.03. The van der Waals surface area contributed by atoms with Gasteiger partial charge in [0.1, 0.15) is 0 Å². The number of halogens is 3. The first kappa shape index (κ1) is 15.9. The number of carboxylic acid groups (broad SMARTS) is 1. The normalized spacial score (nSPS) is 30.2. The summed E-state index contributed by atoms with van der Waals surface area (Å²) in [5.74, 6) is -2.83. The quantitative estimate of drug-likeness (QED) is 0.822. The van der Waals surface area contributed by atoms with Gasteiger partial charge in [-0.3, -0.25) is 4.79 Å². The molecule has 1 saturated heterocycles. The summed E-state index contributed by atoms with van der Waals surface area (Å²) < 4.78 is 38.1. The minimum absolute atomic E-state index is 0.0534. The molecule has 8 heteroatoms. The SMILES string of the molecule is O=C(O)[C@@H]1CC[C@H](NC(=O)N2CCCC(C(F)(F)F)C2)C1. The van der Waals surface area contributed by atoms with Gasteiger partial charge in [0.05, 0.1) is 11.8 Å². The van der Waals surface area contributed by atoms with E-state index in [4.69, 9.17) is 5.11 Å². The topological polar surface area (TPSA) is 69.6 Å². The van der Waals surface area contributed by atoms with Crippen molar-refractivity contribution in [1.82, 2.24) is 10.2 Å². The molecule has 3 atom stereocenters. The third kappa shape index (κ3) is 4.01. The summed E-state index contributed by atoms with van der Waals surface area (Å²) >= 11 is 0. The smallest absolute Gasteiger partial charge is 0.393 e. The number of amides is 2. The summed E-state index contributed by atoms with van der Waals surface area (Å²) in [7, 11) is 0. The van der Waals surface area contributed by atoms with Gasteiger partial charge in [0.2, 0.25) is 0 Å². The number of urea groups is 1. The van der Waals surface area contributed by atoms with E-state index >= 15 is 0 Å². The number of piperidine rings is 1. The average molecular weight is 308 g/mol. The second-order valence-electron chi connectivity index (χ2n) is 5.82. The summed E-state index contributed by atoms with van der Waals surface area (Å²) in [6.07, 6.45) is -2.50. The average Bonchev–Trinajstić information content (AvgIpc) is 2.86.